The highest BCUT2D eigenvalue weighted by Crippen LogP contribution is 2.51. The largest absolute Gasteiger partial charge is 0.465 e. The molecule has 0 unspecified atom stereocenters. The molecule has 0 aromatic heterocycles. The molecule has 0 N–H and O–H groups in total. The normalized spacial score (nSPS) is 31.8. The first-order valence-electron chi connectivity index (χ1n) is 3.75. The second kappa shape index (κ2) is 2.94. The van der Waals surface area contributed by atoms with Crippen molar-refractivity contribution >= 4 is 12.3 Å². The number of hydrogen-bond acceptors (Lipinski definition) is 4. The van der Waals surface area contributed by atoms with Crippen molar-refractivity contribution in [2.24, 2.45) is 11.3 Å². The predicted molar refractivity (Wildman–Crippen MR) is 38.9 cm³/mol. The van der Waals surface area contributed by atoms with Crippen molar-refractivity contribution in [2.75, 3.05) is 6.61 Å². The lowest BCUT2D eigenvalue weighted by Gasteiger charge is -2.04. The van der Waals surface area contributed by atoms with Gasteiger partial charge in [-0.1, -0.05) is 0 Å². The summed E-state index contributed by atoms with van der Waals surface area (Å²) in [5.41, 5.74) is -1.15. The first-order valence-corrected chi connectivity index (χ1v) is 3.75. The lowest BCUT2D eigenvalue weighted by molar-refractivity contribution is -0.148. The number of ether oxygens (including phenoxy) is 1. The van der Waals surface area contributed by atoms with E-state index >= 15 is 0 Å². The van der Waals surface area contributed by atoms with Gasteiger partial charge in [-0.05, 0) is 13.3 Å². The molecule has 4 nitrogen and oxygen atoms in total. The highest BCUT2D eigenvalue weighted by molar-refractivity contribution is 5.89. The summed E-state index contributed by atoms with van der Waals surface area (Å²) in [6.07, 6.45) is 0.950. The monoisotopic (exact) mass is 167 g/mol. The third-order valence-electron chi connectivity index (χ3n) is 2.02. The van der Waals surface area contributed by atoms with Gasteiger partial charge in [-0.25, -0.2) is 0 Å². The van der Waals surface area contributed by atoms with Crippen LogP contribution in [-0.4, -0.2) is 18.9 Å². The van der Waals surface area contributed by atoms with Crippen LogP contribution in [0.5, 0.6) is 0 Å². The summed E-state index contributed by atoms with van der Waals surface area (Å²) in [6.45, 7) is 1.91. The predicted octanol–water partition coefficient (Wildman–Crippen LogP) is 0.278. The van der Waals surface area contributed by atoms with E-state index in [9.17, 15) is 9.59 Å². The highest BCUT2D eigenvalue weighted by Gasteiger charge is 2.62. The Labute approximate surface area is 70.1 Å². The Morgan fingerprint density at radius 1 is 1.92 bits per heavy atom. The maximum atomic E-state index is 11.1. The van der Waals surface area contributed by atoms with Crippen molar-refractivity contribution < 1.29 is 14.3 Å². The molecule has 0 spiro atoms. The quantitative estimate of drug-likeness (QED) is 0.447. The maximum absolute atomic E-state index is 11.1. The Bertz CT molecular complexity index is 256. The van der Waals surface area contributed by atoms with Crippen LogP contribution in [0.1, 0.15) is 13.3 Å². The summed E-state index contributed by atoms with van der Waals surface area (Å²) >= 11 is 0. The summed E-state index contributed by atoms with van der Waals surface area (Å²) in [5, 5.41) is 8.65. The molecule has 0 bridgehead atoms. The molecule has 0 aliphatic heterocycles. The lowest BCUT2D eigenvalue weighted by Crippen LogP contribution is -2.19. The standard InChI is InChI=1S/C8H9NO3/c1-2-12-7(11)8(5-9)3-6(8)4-10/h4,6H,2-3H2,1H3/t6-,8+/m1/s1. The maximum Gasteiger partial charge on any atom is 0.327 e. The van der Waals surface area contributed by atoms with Gasteiger partial charge in [-0.2, -0.15) is 5.26 Å². The van der Waals surface area contributed by atoms with Crippen molar-refractivity contribution in [1.29, 1.82) is 5.26 Å². The third-order valence-corrected chi connectivity index (χ3v) is 2.02. The van der Waals surface area contributed by atoms with Gasteiger partial charge < -0.3 is 9.53 Å². The molecule has 0 aromatic rings. The van der Waals surface area contributed by atoms with Gasteiger partial charge in [0, 0.05) is 5.92 Å². The van der Waals surface area contributed by atoms with Crippen LogP contribution in [0.15, 0.2) is 0 Å². The van der Waals surface area contributed by atoms with Gasteiger partial charge in [0.15, 0.2) is 5.41 Å². The fourth-order valence-corrected chi connectivity index (χ4v) is 1.12. The van der Waals surface area contributed by atoms with E-state index in [2.05, 4.69) is 4.74 Å². The molecule has 0 saturated heterocycles. The number of carbonyl (C=O) groups excluding carboxylic acids is 2. The van der Waals surface area contributed by atoms with Gasteiger partial charge in [0.1, 0.15) is 6.29 Å². The van der Waals surface area contributed by atoms with Crippen LogP contribution in [0.3, 0.4) is 0 Å². The number of nitriles is 1. The van der Waals surface area contributed by atoms with Crippen LogP contribution >= 0.6 is 0 Å². The highest BCUT2D eigenvalue weighted by atomic mass is 16.5. The lowest BCUT2D eigenvalue weighted by atomic mass is 10.1. The Morgan fingerprint density at radius 2 is 2.58 bits per heavy atom. The van der Waals surface area contributed by atoms with Crippen LogP contribution in [0.25, 0.3) is 0 Å². The Morgan fingerprint density at radius 3 is 2.92 bits per heavy atom. The van der Waals surface area contributed by atoms with E-state index in [1.165, 1.54) is 0 Å². The van der Waals surface area contributed by atoms with Gasteiger partial charge >= 0.3 is 5.97 Å². The minimum atomic E-state index is -1.15. The number of rotatable bonds is 3. The number of esters is 1. The Kier molecular flexibility index (Phi) is 2.13. The van der Waals surface area contributed by atoms with Crippen molar-refractivity contribution in [2.45, 2.75) is 13.3 Å². The number of hydrogen-bond donors (Lipinski definition) is 0. The molecule has 1 fully saturated rings. The van der Waals surface area contributed by atoms with Crippen LogP contribution in [-0.2, 0) is 14.3 Å². The van der Waals surface area contributed by atoms with Crippen molar-refractivity contribution in [3.63, 3.8) is 0 Å². The zero-order chi connectivity index (χ0) is 9.19. The summed E-state index contributed by atoms with van der Waals surface area (Å²) < 4.78 is 4.67. The molecule has 12 heavy (non-hydrogen) atoms. The zero-order valence-corrected chi connectivity index (χ0v) is 6.74. The van der Waals surface area contributed by atoms with Crippen LogP contribution in [0, 0.1) is 22.7 Å². The fourth-order valence-electron chi connectivity index (χ4n) is 1.12. The van der Waals surface area contributed by atoms with Crippen LogP contribution in [0.4, 0.5) is 0 Å². The molecule has 1 aliphatic carbocycles. The van der Waals surface area contributed by atoms with Gasteiger partial charge in [-0.15, -0.1) is 0 Å². The third kappa shape index (κ3) is 1.07. The molecule has 2 atom stereocenters. The Hall–Kier alpha value is -1.37. The van der Waals surface area contributed by atoms with E-state index in [-0.39, 0.29) is 6.61 Å². The van der Waals surface area contributed by atoms with Crippen LogP contribution in [0.2, 0.25) is 0 Å². The molecule has 1 saturated carbocycles. The zero-order valence-electron chi connectivity index (χ0n) is 6.74. The first kappa shape index (κ1) is 8.72. The van der Waals surface area contributed by atoms with Crippen LogP contribution < -0.4 is 0 Å². The van der Waals surface area contributed by atoms with Gasteiger partial charge in [-0.3, -0.25) is 4.79 Å². The van der Waals surface area contributed by atoms with Gasteiger partial charge in [0.05, 0.1) is 12.7 Å². The molecule has 0 amide bonds. The molecular formula is C8H9NO3. The molecule has 64 valence electrons. The molecule has 1 rings (SSSR count). The van der Waals surface area contributed by atoms with E-state index in [4.69, 9.17) is 5.26 Å². The van der Waals surface area contributed by atoms with E-state index in [1.807, 2.05) is 6.07 Å². The molecule has 0 radical (unpaired) electrons. The second-order valence-corrected chi connectivity index (χ2v) is 2.75. The Balaban J connectivity index is 2.67. The number of nitrogens with zero attached hydrogens (tertiary/aromatic N) is 1. The average Bonchev–Trinajstić information content (AvgIpc) is 2.80. The van der Waals surface area contributed by atoms with E-state index in [1.54, 1.807) is 6.92 Å². The van der Waals surface area contributed by atoms with Gasteiger partial charge in [0.2, 0.25) is 0 Å². The summed E-state index contributed by atoms with van der Waals surface area (Å²) in [4.78, 5) is 21.4. The SMILES string of the molecule is CCOC(=O)[C@]1(C#N)C[C@@H]1C=O. The smallest absolute Gasteiger partial charge is 0.327 e. The van der Waals surface area contributed by atoms with E-state index in [0.29, 0.717) is 12.7 Å². The average molecular weight is 167 g/mol. The molecular weight excluding hydrogens is 158 g/mol. The number of aldehydes is 1. The topological polar surface area (TPSA) is 67.2 Å². The van der Waals surface area contributed by atoms with Crippen molar-refractivity contribution in [3.8, 4) is 6.07 Å². The van der Waals surface area contributed by atoms with Crippen molar-refractivity contribution in [3.05, 3.63) is 0 Å². The first-order chi connectivity index (χ1) is 5.71. The molecule has 0 heterocycles. The molecule has 1 aliphatic rings. The second-order valence-electron chi connectivity index (χ2n) is 2.75. The molecule has 0 aromatic carbocycles. The molecule has 4 heteroatoms. The summed E-state index contributed by atoms with van der Waals surface area (Å²) in [5.74, 6) is -1.02. The van der Waals surface area contributed by atoms with E-state index < -0.39 is 17.3 Å². The number of carbonyl (C=O) groups is 2. The summed E-state index contributed by atoms with van der Waals surface area (Å²) in [6, 6.07) is 1.83. The van der Waals surface area contributed by atoms with E-state index in [0.717, 1.165) is 0 Å². The van der Waals surface area contributed by atoms with Gasteiger partial charge in [0.25, 0.3) is 0 Å². The van der Waals surface area contributed by atoms with Crippen molar-refractivity contribution in [1.82, 2.24) is 0 Å². The minimum absolute atomic E-state index is 0.244. The fraction of sp³-hybridized carbons (Fsp3) is 0.625. The summed E-state index contributed by atoms with van der Waals surface area (Å²) in [7, 11) is 0. The minimum Gasteiger partial charge on any atom is -0.465 e.